The van der Waals surface area contributed by atoms with Gasteiger partial charge in [0.25, 0.3) is 5.91 Å². The van der Waals surface area contributed by atoms with Crippen molar-refractivity contribution in [2.24, 2.45) is 0 Å². The molecule has 2 atom stereocenters. The Morgan fingerprint density at radius 2 is 1.88 bits per heavy atom. The first-order chi connectivity index (χ1) is 16.6. The third-order valence-electron chi connectivity index (χ3n) is 5.32. The third-order valence-corrected chi connectivity index (χ3v) is 5.32. The van der Waals surface area contributed by atoms with Gasteiger partial charge in [-0.25, -0.2) is 0 Å². The van der Waals surface area contributed by atoms with Crippen molar-refractivity contribution in [2.45, 2.75) is 19.1 Å². The summed E-state index contributed by atoms with van der Waals surface area (Å²) in [7, 11) is 1.61. The molecule has 1 N–H and O–H groups in total. The Kier molecular flexibility index (Phi) is 5.86. The Morgan fingerprint density at radius 1 is 1.06 bits per heavy atom. The van der Waals surface area contributed by atoms with Crippen molar-refractivity contribution in [3.8, 4) is 34.5 Å². The second-order valence-corrected chi connectivity index (χ2v) is 7.64. The lowest BCUT2D eigenvalue weighted by Gasteiger charge is -2.30. The fourth-order valence-corrected chi connectivity index (χ4v) is 3.63. The number of carbonyl (C=O) groups is 1. The van der Waals surface area contributed by atoms with Crippen LogP contribution < -0.4 is 24.3 Å². The van der Waals surface area contributed by atoms with Crippen molar-refractivity contribution in [1.82, 2.24) is 25.1 Å². The number of hydrogen-bond donors (Lipinski definition) is 1. The van der Waals surface area contributed by atoms with E-state index in [0.717, 1.165) is 5.56 Å². The summed E-state index contributed by atoms with van der Waals surface area (Å²) in [6.07, 6.45) is -1.16. The number of carbonyl (C=O) groups excluding carboxylic acids is 1. The molecule has 1 aliphatic heterocycles. The average Bonchev–Trinajstić information content (AvgIpc) is 3.29. The minimum absolute atomic E-state index is 0.222. The lowest BCUT2D eigenvalue weighted by Crippen LogP contribution is -2.49. The highest BCUT2D eigenvalue weighted by Crippen LogP contribution is 2.33. The first-order valence-corrected chi connectivity index (χ1v) is 10.8. The Bertz CT molecular complexity index is 1320. The summed E-state index contributed by atoms with van der Waals surface area (Å²) in [6, 6.07) is 18.2. The Labute approximate surface area is 195 Å². The smallest absolute Gasteiger partial charge is 0.265 e. The molecule has 2 unspecified atom stereocenters. The van der Waals surface area contributed by atoms with Gasteiger partial charge in [-0.3, -0.25) is 4.79 Å². The zero-order chi connectivity index (χ0) is 23.5. The molecule has 174 valence electrons. The van der Waals surface area contributed by atoms with Gasteiger partial charge in [0, 0.05) is 11.6 Å². The molecule has 0 fully saturated rings. The molecular weight excluding hydrogens is 438 g/mol. The van der Waals surface area contributed by atoms with Gasteiger partial charge in [-0.1, -0.05) is 24.3 Å². The predicted octanol–water partition coefficient (Wildman–Crippen LogP) is 2.52. The molecule has 5 rings (SSSR count). The largest absolute Gasteiger partial charge is 0.497 e. The number of benzene rings is 2. The molecule has 0 radical (unpaired) electrons. The van der Waals surface area contributed by atoms with E-state index in [0.29, 0.717) is 34.6 Å². The molecule has 0 spiro atoms. The van der Waals surface area contributed by atoms with Crippen molar-refractivity contribution in [3.63, 3.8) is 0 Å². The van der Waals surface area contributed by atoms with E-state index in [1.807, 2.05) is 42.5 Å². The van der Waals surface area contributed by atoms with Gasteiger partial charge < -0.3 is 24.3 Å². The topological polar surface area (TPSA) is 109 Å². The van der Waals surface area contributed by atoms with Crippen LogP contribution in [0.1, 0.15) is 6.92 Å². The first-order valence-electron chi connectivity index (χ1n) is 10.8. The van der Waals surface area contributed by atoms with E-state index in [-0.39, 0.29) is 19.1 Å². The Hall–Kier alpha value is -4.34. The van der Waals surface area contributed by atoms with E-state index in [1.54, 1.807) is 36.7 Å². The van der Waals surface area contributed by atoms with E-state index in [4.69, 9.17) is 18.9 Å². The minimum Gasteiger partial charge on any atom is -0.497 e. The molecule has 3 heterocycles. The van der Waals surface area contributed by atoms with Crippen molar-refractivity contribution in [3.05, 3.63) is 60.7 Å². The summed E-state index contributed by atoms with van der Waals surface area (Å²) in [5.74, 6) is 2.57. The van der Waals surface area contributed by atoms with Crippen LogP contribution >= 0.6 is 0 Å². The third kappa shape index (κ3) is 4.29. The molecule has 10 nitrogen and oxygen atoms in total. The van der Waals surface area contributed by atoms with Gasteiger partial charge in [-0.2, -0.15) is 4.52 Å². The monoisotopic (exact) mass is 461 g/mol. The van der Waals surface area contributed by atoms with Gasteiger partial charge in [0.15, 0.2) is 23.0 Å². The fourth-order valence-electron chi connectivity index (χ4n) is 3.63. The number of rotatable bonds is 7. The molecule has 0 saturated carbocycles. The van der Waals surface area contributed by atoms with Crippen LogP contribution in [0.25, 0.3) is 17.0 Å². The van der Waals surface area contributed by atoms with Gasteiger partial charge in [0.05, 0.1) is 13.7 Å². The standard InChI is InChI=1S/C24H23N5O5/c1-15-22(34-19-9-4-3-8-18(19)33-15)24(30)25-12-13-32-21-11-10-20-26-27-23(29(20)28-21)16-6-5-7-17(14-16)31-2/h3-11,14-15,22H,12-13H2,1-2H3,(H,25,30). The van der Waals surface area contributed by atoms with E-state index in [1.165, 1.54) is 0 Å². The SMILES string of the molecule is COc1cccc(-c2nnc3ccc(OCCNC(=O)C4Oc5ccccc5OC4C)nn23)c1. The number of amides is 1. The van der Waals surface area contributed by atoms with E-state index >= 15 is 0 Å². The first kappa shape index (κ1) is 21.5. The van der Waals surface area contributed by atoms with Gasteiger partial charge in [-0.15, -0.1) is 15.3 Å². The van der Waals surface area contributed by atoms with Crippen LogP contribution in [-0.4, -0.2) is 58.2 Å². The number of aromatic nitrogens is 4. The molecule has 4 aromatic rings. The maximum atomic E-state index is 12.6. The quantitative estimate of drug-likeness (QED) is 0.418. The van der Waals surface area contributed by atoms with Gasteiger partial charge in [0.1, 0.15) is 18.5 Å². The summed E-state index contributed by atoms with van der Waals surface area (Å²) in [4.78, 5) is 12.6. The zero-order valence-electron chi connectivity index (χ0n) is 18.7. The molecule has 2 aromatic carbocycles. The number of nitrogens with one attached hydrogen (secondary N) is 1. The average molecular weight is 461 g/mol. The molecule has 0 saturated heterocycles. The van der Waals surface area contributed by atoms with E-state index in [2.05, 4.69) is 20.6 Å². The van der Waals surface area contributed by atoms with Crippen LogP contribution in [-0.2, 0) is 4.79 Å². The van der Waals surface area contributed by atoms with Crippen LogP contribution in [0.2, 0.25) is 0 Å². The van der Waals surface area contributed by atoms with E-state index < -0.39 is 12.2 Å². The zero-order valence-corrected chi connectivity index (χ0v) is 18.7. The van der Waals surface area contributed by atoms with Crippen molar-refractivity contribution >= 4 is 11.6 Å². The number of hydrogen-bond acceptors (Lipinski definition) is 8. The van der Waals surface area contributed by atoms with Crippen LogP contribution in [0, 0.1) is 0 Å². The molecular formula is C24H23N5O5. The Morgan fingerprint density at radius 3 is 2.71 bits per heavy atom. The Balaban J connectivity index is 1.20. The van der Waals surface area contributed by atoms with E-state index in [9.17, 15) is 4.79 Å². The van der Waals surface area contributed by atoms with Gasteiger partial charge >= 0.3 is 0 Å². The fraction of sp³-hybridized carbons (Fsp3) is 0.250. The second kappa shape index (κ2) is 9.26. The predicted molar refractivity (Wildman–Crippen MR) is 122 cm³/mol. The van der Waals surface area contributed by atoms with Gasteiger partial charge in [0.2, 0.25) is 12.0 Å². The summed E-state index contributed by atoms with van der Waals surface area (Å²) >= 11 is 0. The molecule has 0 aliphatic carbocycles. The maximum absolute atomic E-state index is 12.6. The highest BCUT2D eigenvalue weighted by atomic mass is 16.6. The van der Waals surface area contributed by atoms with Crippen LogP contribution in [0.15, 0.2) is 60.7 Å². The number of nitrogens with zero attached hydrogens (tertiary/aromatic N) is 4. The number of ether oxygens (including phenoxy) is 4. The number of methoxy groups -OCH3 is 1. The van der Waals surface area contributed by atoms with Crippen molar-refractivity contribution < 1.29 is 23.7 Å². The molecule has 1 aliphatic rings. The van der Waals surface area contributed by atoms with Gasteiger partial charge in [-0.05, 0) is 37.3 Å². The summed E-state index contributed by atoms with van der Waals surface area (Å²) in [5, 5.41) is 15.7. The number of fused-ring (bicyclic) bond motifs is 2. The van der Waals surface area contributed by atoms with Crippen molar-refractivity contribution in [2.75, 3.05) is 20.3 Å². The highest BCUT2D eigenvalue weighted by molar-refractivity contribution is 5.82. The van der Waals surface area contributed by atoms with Crippen LogP contribution in [0.3, 0.4) is 0 Å². The molecule has 1 amide bonds. The van der Waals surface area contributed by atoms with Crippen molar-refractivity contribution in [1.29, 1.82) is 0 Å². The molecule has 0 bridgehead atoms. The maximum Gasteiger partial charge on any atom is 0.265 e. The normalized spacial score (nSPS) is 16.8. The summed E-state index contributed by atoms with van der Waals surface area (Å²) < 4.78 is 24.2. The minimum atomic E-state index is -0.744. The lowest BCUT2D eigenvalue weighted by atomic mass is 10.1. The van der Waals surface area contributed by atoms with Crippen LogP contribution in [0.5, 0.6) is 23.1 Å². The van der Waals surface area contributed by atoms with Crippen LogP contribution in [0.4, 0.5) is 0 Å². The number of para-hydroxylation sites is 2. The summed E-state index contributed by atoms with van der Waals surface area (Å²) in [6.45, 7) is 2.30. The molecule has 10 heteroatoms. The highest BCUT2D eigenvalue weighted by Gasteiger charge is 2.33. The second-order valence-electron chi connectivity index (χ2n) is 7.64. The lowest BCUT2D eigenvalue weighted by molar-refractivity contribution is -0.133. The molecule has 2 aromatic heterocycles. The molecule has 34 heavy (non-hydrogen) atoms. The summed E-state index contributed by atoms with van der Waals surface area (Å²) in [5.41, 5.74) is 1.40.